The molecule has 0 aliphatic heterocycles. The van der Waals surface area contributed by atoms with Crippen LogP contribution in [0, 0.1) is 0 Å². The number of aromatic nitrogens is 2. The number of hydrogen-bond donors (Lipinski definition) is 2. The van der Waals surface area contributed by atoms with Crippen LogP contribution in [0.25, 0.3) is 11.0 Å². The third-order valence-electron chi connectivity index (χ3n) is 3.24. The number of aryl methyl sites for hydroxylation is 1. The van der Waals surface area contributed by atoms with E-state index in [9.17, 15) is 4.79 Å². The molecule has 20 heavy (non-hydrogen) atoms. The lowest BCUT2D eigenvalue weighted by Crippen LogP contribution is -2.46. The van der Waals surface area contributed by atoms with Crippen LogP contribution in [0.2, 0.25) is 0 Å². The Kier molecular flexibility index (Phi) is 3.67. The lowest BCUT2D eigenvalue weighted by molar-refractivity contribution is -0.142. The van der Waals surface area contributed by atoms with Crippen LogP contribution in [-0.2, 0) is 18.3 Å². The summed E-state index contributed by atoms with van der Waals surface area (Å²) in [6.07, 6.45) is 0.249. The molecule has 1 atom stereocenters. The predicted molar refractivity (Wildman–Crippen MR) is 75.8 cm³/mol. The van der Waals surface area contributed by atoms with Crippen molar-refractivity contribution in [2.24, 2.45) is 12.8 Å². The Labute approximate surface area is 117 Å². The van der Waals surface area contributed by atoms with Gasteiger partial charge in [0.2, 0.25) is 0 Å². The number of rotatable bonds is 5. The van der Waals surface area contributed by atoms with Crippen LogP contribution in [0.15, 0.2) is 18.2 Å². The smallest absolute Gasteiger partial charge is 0.323 e. The molecule has 0 saturated heterocycles. The summed E-state index contributed by atoms with van der Waals surface area (Å²) in [7, 11) is 1.88. The molecule has 1 unspecified atom stereocenters. The highest BCUT2D eigenvalue weighted by atomic mass is 16.5. The van der Waals surface area contributed by atoms with Gasteiger partial charge < -0.3 is 15.6 Å². The van der Waals surface area contributed by atoms with E-state index < -0.39 is 11.5 Å². The van der Waals surface area contributed by atoms with Gasteiger partial charge in [0.1, 0.15) is 5.54 Å². The summed E-state index contributed by atoms with van der Waals surface area (Å²) in [4.78, 5) is 15.5. The second-order valence-electron chi connectivity index (χ2n) is 5.11. The van der Waals surface area contributed by atoms with E-state index in [0.717, 1.165) is 16.6 Å². The average Bonchev–Trinajstić information content (AvgIpc) is 2.66. The fraction of sp³-hybridized carbons (Fsp3) is 0.429. The van der Waals surface area contributed by atoms with Crippen molar-refractivity contribution in [1.82, 2.24) is 9.55 Å². The van der Waals surface area contributed by atoms with Gasteiger partial charge in [-0.15, -0.1) is 0 Å². The van der Waals surface area contributed by atoms with E-state index in [1.165, 1.54) is 6.92 Å². The highest BCUT2D eigenvalue weighted by Crippen LogP contribution is 2.22. The quantitative estimate of drug-likeness (QED) is 0.860. The minimum atomic E-state index is -1.29. The van der Waals surface area contributed by atoms with E-state index in [2.05, 4.69) is 4.98 Å². The summed E-state index contributed by atoms with van der Waals surface area (Å²) in [5.74, 6) is -1.02. The predicted octanol–water partition coefficient (Wildman–Crippen LogP) is 1.32. The van der Waals surface area contributed by atoms with Gasteiger partial charge in [-0.3, -0.25) is 9.36 Å². The Balaban J connectivity index is 2.37. The van der Waals surface area contributed by atoms with Gasteiger partial charge in [0.15, 0.2) is 0 Å². The lowest BCUT2D eigenvalue weighted by Gasteiger charge is -2.18. The normalized spacial score (nSPS) is 14.2. The molecule has 0 fully saturated rings. The number of nitrogens with two attached hydrogens (primary N) is 1. The van der Waals surface area contributed by atoms with Crippen molar-refractivity contribution >= 4 is 17.0 Å². The van der Waals surface area contributed by atoms with E-state index in [4.69, 9.17) is 15.6 Å². The van der Waals surface area contributed by atoms with Gasteiger partial charge in [0.25, 0.3) is 6.01 Å². The van der Waals surface area contributed by atoms with Gasteiger partial charge in [-0.2, -0.15) is 4.98 Å². The van der Waals surface area contributed by atoms with Crippen LogP contribution in [0.3, 0.4) is 0 Å². The monoisotopic (exact) mass is 277 g/mol. The number of carboxylic acids is 1. The molecule has 1 aromatic carbocycles. The Morgan fingerprint density at radius 2 is 2.25 bits per heavy atom. The molecule has 0 bridgehead atoms. The molecular formula is C14H19N3O3. The molecule has 2 aromatic rings. The fourth-order valence-corrected chi connectivity index (χ4v) is 2.09. The largest absolute Gasteiger partial charge is 0.480 e. The molecule has 0 amide bonds. The first-order valence-electron chi connectivity index (χ1n) is 6.45. The third kappa shape index (κ3) is 2.60. The highest BCUT2D eigenvalue weighted by molar-refractivity contribution is 5.80. The number of imidazole rings is 1. The molecule has 3 N–H and O–H groups in total. The summed E-state index contributed by atoms with van der Waals surface area (Å²) >= 11 is 0. The third-order valence-corrected chi connectivity index (χ3v) is 3.24. The van der Waals surface area contributed by atoms with Crippen molar-refractivity contribution in [1.29, 1.82) is 0 Å². The molecule has 6 nitrogen and oxygen atoms in total. The number of carbonyl (C=O) groups is 1. The molecule has 6 heteroatoms. The molecular weight excluding hydrogens is 258 g/mol. The van der Waals surface area contributed by atoms with Gasteiger partial charge in [0.05, 0.1) is 17.6 Å². The minimum absolute atomic E-state index is 0.249. The first-order valence-corrected chi connectivity index (χ1v) is 6.45. The van der Waals surface area contributed by atoms with Crippen molar-refractivity contribution in [3.63, 3.8) is 0 Å². The average molecular weight is 277 g/mol. The highest BCUT2D eigenvalue weighted by Gasteiger charge is 2.28. The van der Waals surface area contributed by atoms with Gasteiger partial charge in [-0.05, 0) is 31.5 Å². The van der Waals surface area contributed by atoms with E-state index in [1.54, 1.807) is 0 Å². The molecule has 1 heterocycles. The Morgan fingerprint density at radius 3 is 2.85 bits per heavy atom. The zero-order valence-corrected chi connectivity index (χ0v) is 11.9. The van der Waals surface area contributed by atoms with Crippen LogP contribution < -0.4 is 10.5 Å². The zero-order valence-electron chi connectivity index (χ0n) is 11.9. The van der Waals surface area contributed by atoms with Crippen molar-refractivity contribution < 1.29 is 14.6 Å². The number of hydrogen-bond acceptors (Lipinski definition) is 4. The van der Waals surface area contributed by atoms with Gasteiger partial charge in [0, 0.05) is 13.5 Å². The molecule has 1 aromatic heterocycles. The van der Waals surface area contributed by atoms with Crippen LogP contribution in [0.5, 0.6) is 6.01 Å². The SMILES string of the molecule is CCOc1nc2cc(CC(C)(N)C(=O)O)ccc2n1C. The van der Waals surface area contributed by atoms with Gasteiger partial charge in [-0.25, -0.2) is 0 Å². The van der Waals surface area contributed by atoms with Crippen LogP contribution in [-0.4, -0.2) is 32.8 Å². The van der Waals surface area contributed by atoms with E-state index in [1.807, 2.05) is 36.7 Å². The number of carboxylic acid groups (broad SMARTS) is 1. The van der Waals surface area contributed by atoms with Crippen molar-refractivity contribution in [2.45, 2.75) is 25.8 Å². The van der Waals surface area contributed by atoms with Crippen LogP contribution in [0.1, 0.15) is 19.4 Å². The van der Waals surface area contributed by atoms with E-state index in [-0.39, 0.29) is 6.42 Å². The maximum absolute atomic E-state index is 11.1. The number of fused-ring (bicyclic) bond motifs is 1. The molecule has 0 aliphatic carbocycles. The summed E-state index contributed by atoms with van der Waals surface area (Å²) < 4.78 is 7.30. The number of benzene rings is 1. The number of ether oxygens (including phenoxy) is 1. The second kappa shape index (κ2) is 5.13. The molecule has 108 valence electrons. The Hall–Kier alpha value is -2.08. The maximum Gasteiger partial charge on any atom is 0.323 e. The fourth-order valence-electron chi connectivity index (χ4n) is 2.09. The van der Waals surface area contributed by atoms with Crippen molar-refractivity contribution in [2.75, 3.05) is 6.61 Å². The van der Waals surface area contributed by atoms with Crippen LogP contribution in [0.4, 0.5) is 0 Å². The number of nitrogens with zero attached hydrogens (tertiary/aromatic N) is 2. The van der Waals surface area contributed by atoms with Gasteiger partial charge >= 0.3 is 5.97 Å². The molecule has 0 spiro atoms. The molecule has 0 aliphatic rings. The molecule has 2 rings (SSSR count). The van der Waals surface area contributed by atoms with Crippen molar-refractivity contribution in [3.05, 3.63) is 23.8 Å². The molecule has 0 saturated carbocycles. The van der Waals surface area contributed by atoms with Gasteiger partial charge in [-0.1, -0.05) is 6.07 Å². The van der Waals surface area contributed by atoms with Crippen molar-refractivity contribution in [3.8, 4) is 6.01 Å². The zero-order chi connectivity index (χ0) is 14.9. The summed E-state index contributed by atoms with van der Waals surface area (Å²) in [6.45, 7) is 3.95. The second-order valence-corrected chi connectivity index (χ2v) is 5.11. The summed E-state index contributed by atoms with van der Waals surface area (Å²) in [5.41, 5.74) is 7.03. The lowest BCUT2D eigenvalue weighted by atomic mass is 9.94. The summed E-state index contributed by atoms with van der Waals surface area (Å²) in [5, 5.41) is 9.07. The first kappa shape index (κ1) is 14.3. The maximum atomic E-state index is 11.1. The Morgan fingerprint density at radius 1 is 1.55 bits per heavy atom. The standard InChI is InChI=1S/C14H19N3O3/c1-4-20-13-16-10-7-9(5-6-11(10)17(13)3)8-14(2,15)12(18)19/h5-7H,4,8,15H2,1-3H3,(H,18,19). The summed E-state index contributed by atoms with van der Waals surface area (Å²) in [6, 6.07) is 6.17. The minimum Gasteiger partial charge on any atom is -0.480 e. The molecule has 0 radical (unpaired) electrons. The van der Waals surface area contributed by atoms with E-state index in [0.29, 0.717) is 12.6 Å². The van der Waals surface area contributed by atoms with E-state index >= 15 is 0 Å². The first-order chi connectivity index (χ1) is 9.35. The number of aliphatic carboxylic acids is 1. The van der Waals surface area contributed by atoms with Crippen LogP contribution >= 0.6 is 0 Å². The Bertz CT molecular complexity index is 646. The topological polar surface area (TPSA) is 90.4 Å².